The number of hydrogen-bond donors (Lipinski definition) is 2. The van der Waals surface area contributed by atoms with Crippen molar-refractivity contribution in [1.29, 1.82) is 0 Å². The molecule has 1 aromatic rings. The first-order valence-electron chi connectivity index (χ1n) is 4.11. The summed E-state index contributed by atoms with van der Waals surface area (Å²) in [5.41, 5.74) is -2.19. The first-order chi connectivity index (χ1) is 7.64. The Kier molecular flexibility index (Phi) is 3.78. The van der Waals surface area contributed by atoms with Crippen molar-refractivity contribution < 1.29 is 32.6 Å². The lowest BCUT2D eigenvalue weighted by molar-refractivity contribution is -0.147. The van der Waals surface area contributed by atoms with E-state index in [1.54, 1.807) is 0 Å². The molecule has 0 heterocycles. The fourth-order valence-electron chi connectivity index (χ4n) is 1.13. The molecule has 0 fully saturated rings. The lowest BCUT2D eigenvalue weighted by Crippen LogP contribution is -2.15. The molecule has 94 valence electrons. The van der Waals surface area contributed by atoms with E-state index in [0.29, 0.717) is 6.07 Å². The van der Waals surface area contributed by atoms with Crippen LogP contribution in [0.3, 0.4) is 0 Å². The molecule has 8 heteroatoms. The van der Waals surface area contributed by atoms with E-state index in [-0.39, 0.29) is 10.5 Å². The third-order valence-electron chi connectivity index (χ3n) is 1.92. The third-order valence-corrected chi connectivity index (χ3v) is 2.61. The zero-order chi connectivity index (χ0) is 13.4. The first-order valence-corrected chi connectivity index (χ1v) is 4.91. The Hall–Kier alpha value is -1.15. The van der Waals surface area contributed by atoms with Gasteiger partial charge in [0, 0.05) is 10.0 Å². The molecule has 0 aliphatic carbocycles. The van der Waals surface area contributed by atoms with Crippen molar-refractivity contribution in [2.45, 2.75) is 12.3 Å². The summed E-state index contributed by atoms with van der Waals surface area (Å²) in [5.74, 6) is -3.28. The summed E-state index contributed by atoms with van der Waals surface area (Å²) in [4.78, 5) is 10.5. The molecule has 1 aromatic carbocycles. The Bertz CT molecular complexity index is 458. The SMILES string of the molecule is O=C(O)C(O)c1cc(C(F)(F)F)c(F)cc1Br. The highest BCUT2D eigenvalue weighted by atomic mass is 79.9. The van der Waals surface area contributed by atoms with Gasteiger partial charge in [-0.05, 0) is 12.1 Å². The van der Waals surface area contributed by atoms with Gasteiger partial charge in [-0.15, -0.1) is 0 Å². The van der Waals surface area contributed by atoms with E-state index in [9.17, 15) is 22.4 Å². The summed E-state index contributed by atoms with van der Waals surface area (Å²) in [6, 6.07) is 0.725. The number of carbonyl (C=O) groups is 1. The lowest BCUT2D eigenvalue weighted by atomic mass is 10.1. The van der Waals surface area contributed by atoms with E-state index in [1.807, 2.05) is 0 Å². The van der Waals surface area contributed by atoms with Crippen molar-refractivity contribution in [3.05, 3.63) is 33.5 Å². The van der Waals surface area contributed by atoms with Crippen molar-refractivity contribution in [1.82, 2.24) is 0 Å². The molecule has 0 aliphatic heterocycles. The van der Waals surface area contributed by atoms with Gasteiger partial charge in [-0.1, -0.05) is 15.9 Å². The fraction of sp³-hybridized carbons (Fsp3) is 0.222. The number of rotatable bonds is 2. The molecule has 3 nitrogen and oxygen atoms in total. The second-order valence-corrected chi connectivity index (χ2v) is 3.95. The summed E-state index contributed by atoms with van der Waals surface area (Å²) in [7, 11) is 0. The third kappa shape index (κ3) is 2.95. The van der Waals surface area contributed by atoms with Crippen LogP contribution in [0.1, 0.15) is 17.2 Å². The van der Waals surface area contributed by atoms with Gasteiger partial charge in [-0.2, -0.15) is 13.2 Å². The fourth-order valence-corrected chi connectivity index (χ4v) is 1.66. The van der Waals surface area contributed by atoms with Crippen LogP contribution in [0, 0.1) is 5.82 Å². The average molecular weight is 317 g/mol. The van der Waals surface area contributed by atoms with Crippen molar-refractivity contribution in [2.75, 3.05) is 0 Å². The van der Waals surface area contributed by atoms with E-state index in [1.165, 1.54) is 0 Å². The number of aliphatic hydroxyl groups excluding tert-OH is 1. The van der Waals surface area contributed by atoms with Crippen molar-refractivity contribution in [2.24, 2.45) is 0 Å². The number of benzene rings is 1. The van der Waals surface area contributed by atoms with Gasteiger partial charge in [0.2, 0.25) is 0 Å². The van der Waals surface area contributed by atoms with Crippen LogP contribution in [-0.2, 0) is 11.0 Å². The van der Waals surface area contributed by atoms with E-state index < -0.39 is 35.2 Å². The number of halogens is 5. The zero-order valence-corrected chi connectivity index (χ0v) is 9.51. The van der Waals surface area contributed by atoms with Gasteiger partial charge in [-0.25, -0.2) is 9.18 Å². The molecule has 1 unspecified atom stereocenters. The van der Waals surface area contributed by atoms with E-state index >= 15 is 0 Å². The second kappa shape index (κ2) is 4.61. The summed E-state index contributed by atoms with van der Waals surface area (Å²) < 4.78 is 49.8. The largest absolute Gasteiger partial charge is 0.479 e. The molecule has 0 aromatic heterocycles. The molecule has 2 N–H and O–H groups in total. The van der Waals surface area contributed by atoms with E-state index in [2.05, 4.69) is 15.9 Å². The maximum atomic E-state index is 13.0. The number of aliphatic hydroxyl groups is 1. The predicted molar refractivity (Wildman–Crippen MR) is 51.7 cm³/mol. The highest BCUT2D eigenvalue weighted by molar-refractivity contribution is 9.10. The van der Waals surface area contributed by atoms with Crippen LogP contribution in [0.2, 0.25) is 0 Å². The second-order valence-electron chi connectivity index (χ2n) is 3.09. The molecule has 1 rings (SSSR count). The Labute approximate surface area is 101 Å². The lowest BCUT2D eigenvalue weighted by Gasteiger charge is -2.13. The van der Waals surface area contributed by atoms with Gasteiger partial charge in [0.25, 0.3) is 0 Å². The van der Waals surface area contributed by atoms with Crippen LogP contribution in [0.15, 0.2) is 16.6 Å². The van der Waals surface area contributed by atoms with Gasteiger partial charge in [0.05, 0.1) is 5.56 Å². The van der Waals surface area contributed by atoms with Crippen molar-refractivity contribution in [3.63, 3.8) is 0 Å². The average Bonchev–Trinajstić information content (AvgIpc) is 2.14. The molecular weight excluding hydrogens is 312 g/mol. The zero-order valence-electron chi connectivity index (χ0n) is 7.92. The summed E-state index contributed by atoms with van der Waals surface area (Å²) in [6.45, 7) is 0. The Morgan fingerprint density at radius 3 is 2.29 bits per heavy atom. The number of alkyl halides is 3. The molecule has 1 atom stereocenters. The Morgan fingerprint density at radius 1 is 1.35 bits per heavy atom. The molecular formula is C9H5BrF4O3. The number of carboxylic acids is 1. The highest BCUT2D eigenvalue weighted by Crippen LogP contribution is 2.36. The van der Waals surface area contributed by atoms with Crippen LogP contribution in [0.4, 0.5) is 17.6 Å². The van der Waals surface area contributed by atoms with E-state index in [0.717, 1.165) is 0 Å². The quantitative estimate of drug-likeness (QED) is 0.825. The van der Waals surface area contributed by atoms with Gasteiger partial charge in [0.15, 0.2) is 6.10 Å². The molecule has 0 bridgehead atoms. The van der Waals surface area contributed by atoms with Gasteiger partial charge in [-0.3, -0.25) is 0 Å². The minimum Gasteiger partial charge on any atom is -0.479 e. The smallest absolute Gasteiger partial charge is 0.419 e. The first kappa shape index (κ1) is 13.9. The molecule has 0 spiro atoms. The molecule has 0 aliphatic rings. The number of hydrogen-bond acceptors (Lipinski definition) is 2. The topological polar surface area (TPSA) is 57.5 Å². The van der Waals surface area contributed by atoms with E-state index in [4.69, 9.17) is 10.2 Å². The Balaban J connectivity index is 3.39. The molecule has 0 amide bonds. The normalized spacial score (nSPS) is 13.5. The van der Waals surface area contributed by atoms with Crippen LogP contribution >= 0.6 is 15.9 Å². The summed E-state index contributed by atoms with van der Waals surface area (Å²) in [5, 5.41) is 17.6. The molecule has 17 heavy (non-hydrogen) atoms. The monoisotopic (exact) mass is 316 g/mol. The van der Waals surface area contributed by atoms with Crippen LogP contribution in [0.5, 0.6) is 0 Å². The summed E-state index contributed by atoms with van der Waals surface area (Å²) >= 11 is 2.69. The standard InChI is InChI=1S/C9H5BrF4O3/c10-5-2-6(11)4(9(12,13)14)1-3(5)7(15)8(16)17/h1-2,7,15H,(H,16,17). The molecule has 0 radical (unpaired) electrons. The maximum absolute atomic E-state index is 13.0. The van der Waals surface area contributed by atoms with Crippen LogP contribution in [0.25, 0.3) is 0 Å². The molecule has 0 saturated heterocycles. The molecule has 0 saturated carbocycles. The number of carboxylic acid groups (broad SMARTS) is 1. The maximum Gasteiger partial charge on any atom is 0.419 e. The summed E-state index contributed by atoms with van der Waals surface area (Å²) in [6.07, 6.45) is -7.12. The van der Waals surface area contributed by atoms with Crippen molar-refractivity contribution in [3.8, 4) is 0 Å². The van der Waals surface area contributed by atoms with Crippen LogP contribution < -0.4 is 0 Å². The van der Waals surface area contributed by atoms with Gasteiger partial charge >= 0.3 is 12.1 Å². The van der Waals surface area contributed by atoms with Gasteiger partial charge in [0.1, 0.15) is 5.82 Å². The minimum absolute atomic E-state index is 0.252. The van der Waals surface area contributed by atoms with Crippen LogP contribution in [-0.4, -0.2) is 16.2 Å². The van der Waals surface area contributed by atoms with Crippen molar-refractivity contribution >= 4 is 21.9 Å². The number of aliphatic carboxylic acids is 1. The van der Waals surface area contributed by atoms with Gasteiger partial charge < -0.3 is 10.2 Å². The Morgan fingerprint density at radius 2 is 1.88 bits per heavy atom. The minimum atomic E-state index is -4.96. The predicted octanol–water partition coefficient (Wildman–Crippen LogP) is 2.72. The highest BCUT2D eigenvalue weighted by Gasteiger charge is 2.36.